The smallest absolute Gasteiger partial charge is 0.328 e. The molecule has 0 aromatic heterocycles. The largest absolute Gasteiger partial charge is 0.467 e. The van der Waals surface area contributed by atoms with E-state index in [0.29, 0.717) is 17.0 Å². The first-order valence-corrected chi connectivity index (χ1v) is 7.16. The normalized spacial score (nSPS) is 11.5. The molecule has 0 aliphatic carbocycles. The van der Waals surface area contributed by atoms with Gasteiger partial charge in [0.25, 0.3) is 5.91 Å². The molecule has 1 amide bonds. The van der Waals surface area contributed by atoms with Gasteiger partial charge in [-0.2, -0.15) is 0 Å². The van der Waals surface area contributed by atoms with Gasteiger partial charge in [0.2, 0.25) is 0 Å². The van der Waals surface area contributed by atoms with Crippen LogP contribution in [-0.4, -0.2) is 25.0 Å². The summed E-state index contributed by atoms with van der Waals surface area (Å²) in [5.41, 5.74) is 1.38. The van der Waals surface area contributed by atoms with E-state index < -0.39 is 12.0 Å². The van der Waals surface area contributed by atoms with E-state index in [4.69, 9.17) is 16.3 Å². The van der Waals surface area contributed by atoms with Crippen molar-refractivity contribution in [1.82, 2.24) is 5.32 Å². The number of amides is 1. The highest BCUT2D eigenvalue weighted by molar-refractivity contribution is 6.30. The van der Waals surface area contributed by atoms with Gasteiger partial charge in [-0.15, -0.1) is 0 Å². The van der Waals surface area contributed by atoms with Gasteiger partial charge in [-0.25, -0.2) is 4.79 Å². The van der Waals surface area contributed by atoms with Gasteiger partial charge in [-0.1, -0.05) is 41.9 Å². The van der Waals surface area contributed by atoms with Crippen LogP contribution in [0.5, 0.6) is 0 Å². The summed E-state index contributed by atoms with van der Waals surface area (Å²) in [6.07, 6.45) is 0.368. The molecule has 0 bridgehead atoms. The van der Waals surface area contributed by atoms with E-state index in [-0.39, 0.29) is 5.91 Å². The maximum Gasteiger partial charge on any atom is 0.328 e. The zero-order valence-electron chi connectivity index (χ0n) is 12.1. The molecule has 4 nitrogen and oxygen atoms in total. The number of rotatable bonds is 5. The van der Waals surface area contributed by atoms with Crippen LogP contribution in [-0.2, 0) is 16.0 Å². The maximum absolute atomic E-state index is 12.2. The number of nitrogens with one attached hydrogen (secondary N) is 1. The second-order valence-electron chi connectivity index (χ2n) is 4.75. The van der Waals surface area contributed by atoms with Gasteiger partial charge >= 0.3 is 5.97 Å². The van der Waals surface area contributed by atoms with Crippen LogP contribution in [0.25, 0.3) is 0 Å². The maximum atomic E-state index is 12.2. The minimum atomic E-state index is -0.740. The number of hydrogen-bond acceptors (Lipinski definition) is 3. The minimum absolute atomic E-state index is 0.344. The molecule has 1 N–H and O–H groups in total. The zero-order chi connectivity index (χ0) is 15.9. The molecule has 0 saturated heterocycles. The second-order valence-corrected chi connectivity index (χ2v) is 5.18. The summed E-state index contributed by atoms with van der Waals surface area (Å²) in [6, 6.07) is 15.2. The van der Waals surface area contributed by atoms with Crippen LogP contribution in [0.3, 0.4) is 0 Å². The Morgan fingerprint density at radius 2 is 1.73 bits per heavy atom. The fourth-order valence-electron chi connectivity index (χ4n) is 2.03. The van der Waals surface area contributed by atoms with Gasteiger partial charge in [0.1, 0.15) is 6.04 Å². The summed E-state index contributed by atoms with van der Waals surface area (Å²) in [7, 11) is 1.30. The molecule has 0 aliphatic rings. The Balaban J connectivity index is 2.11. The third kappa shape index (κ3) is 4.33. The molecule has 0 radical (unpaired) electrons. The van der Waals surface area contributed by atoms with Gasteiger partial charge in [0.05, 0.1) is 7.11 Å². The first-order chi connectivity index (χ1) is 10.6. The zero-order valence-corrected chi connectivity index (χ0v) is 12.8. The van der Waals surface area contributed by atoms with Crippen LogP contribution in [0.1, 0.15) is 15.9 Å². The Labute approximate surface area is 134 Å². The van der Waals surface area contributed by atoms with Gasteiger partial charge in [0.15, 0.2) is 0 Å². The topological polar surface area (TPSA) is 55.4 Å². The Bertz CT molecular complexity index is 641. The summed E-state index contributed by atoms with van der Waals surface area (Å²) in [4.78, 5) is 24.1. The van der Waals surface area contributed by atoms with Crippen molar-refractivity contribution in [1.29, 1.82) is 0 Å². The van der Waals surface area contributed by atoms with Crippen molar-refractivity contribution in [2.75, 3.05) is 7.11 Å². The summed E-state index contributed by atoms with van der Waals surface area (Å²) < 4.78 is 4.77. The summed E-state index contributed by atoms with van der Waals surface area (Å²) in [5, 5.41) is 3.24. The van der Waals surface area contributed by atoms with Gasteiger partial charge < -0.3 is 10.1 Å². The van der Waals surface area contributed by atoms with Crippen molar-refractivity contribution in [2.45, 2.75) is 12.5 Å². The molecule has 22 heavy (non-hydrogen) atoms. The fourth-order valence-corrected chi connectivity index (χ4v) is 2.15. The van der Waals surface area contributed by atoms with Crippen molar-refractivity contribution in [3.05, 3.63) is 70.7 Å². The van der Waals surface area contributed by atoms with Crippen molar-refractivity contribution in [3.63, 3.8) is 0 Å². The molecular weight excluding hydrogens is 302 g/mol. The molecule has 0 heterocycles. The molecular formula is C17H16ClNO3. The Hall–Kier alpha value is -2.33. The predicted molar refractivity (Wildman–Crippen MR) is 84.9 cm³/mol. The van der Waals surface area contributed by atoms with Crippen LogP contribution in [0, 0.1) is 0 Å². The number of methoxy groups -OCH3 is 1. The van der Waals surface area contributed by atoms with Crippen LogP contribution in [0.15, 0.2) is 54.6 Å². The average molecular weight is 318 g/mol. The standard InChI is InChI=1S/C17H16ClNO3/c1-22-17(21)15(11-12-5-3-2-4-6-12)19-16(20)13-7-9-14(18)10-8-13/h2-10,15H,11H2,1H3,(H,19,20). The Morgan fingerprint density at radius 1 is 1.09 bits per heavy atom. The minimum Gasteiger partial charge on any atom is -0.467 e. The van der Waals surface area contributed by atoms with E-state index in [2.05, 4.69) is 5.32 Å². The summed E-state index contributed by atoms with van der Waals surface area (Å²) >= 11 is 5.80. The van der Waals surface area contributed by atoms with E-state index in [1.54, 1.807) is 24.3 Å². The number of benzene rings is 2. The highest BCUT2D eigenvalue weighted by Crippen LogP contribution is 2.10. The molecule has 2 rings (SSSR count). The van der Waals surface area contributed by atoms with Crippen LogP contribution in [0.2, 0.25) is 5.02 Å². The van der Waals surface area contributed by atoms with E-state index >= 15 is 0 Å². The number of hydrogen-bond donors (Lipinski definition) is 1. The molecule has 0 fully saturated rings. The van der Waals surface area contributed by atoms with Crippen molar-refractivity contribution in [2.24, 2.45) is 0 Å². The molecule has 2 aromatic carbocycles. The number of esters is 1. The highest BCUT2D eigenvalue weighted by atomic mass is 35.5. The van der Waals surface area contributed by atoms with E-state index in [9.17, 15) is 9.59 Å². The third-order valence-electron chi connectivity index (χ3n) is 3.18. The van der Waals surface area contributed by atoms with E-state index in [0.717, 1.165) is 5.56 Å². The van der Waals surface area contributed by atoms with E-state index in [1.807, 2.05) is 30.3 Å². The molecule has 0 saturated carbocycles. The van der Waals surface area contributed by atoms with Crippen molar-refractivity contribution >= 4 is 23.5 Å². The lowest BCUT2D eigenvalue weighted by atomic mass is 10.1. The summed E-state index contributed by atoms with van der Waals surface area (Å²) in [6.45, 7) is 0. The van der Waals surface area contributed by atoms with Gasteiger partial charge in [0, 0.05) is 17.0 Å². The first kappa shape index (κ1) is 16.0. The molecule has 0 spiro atoms. The summed E-state index contributed by atoms with van der Waals surface area (Å²) in [5.74, 6) is -0.825. The number of carbonyl (C=O) groups excluding carboxylic acids is 2. The van der Waals surface area contributed by atoms with Crippen LogP contribution in [0.4, 0.5) is 0 Å². The molecule has 114 valence electrons. The SMILES string of the molecule is COC(=O)C(Cc1ccccc1)NC(=O)c1ccc(Cl)cc1. The number of halogens is 1. The Kier molecular flexibility index (Phi) is 5.55. The third-order valence-corrected chi connectivity index (χ3v) is 3.43. The number of carbonyl (C=O) groups is 2. The fraction of sp³-hybridized carbons (Fsp3) is 0.176. The van der Waals surface area contributed by atoms with Gasteiger partial charge in [-0.3, -0.25) is 4.79 Å². The van der Waals surface area contributed by atoms with E-state index in [1.165, 1.54) is 7.11 Å². The quantitative estimate of drug-likeness (QED) is 0.863. The second kappa shape index (κ2) is 7.61. The lowest BCUT2D eigenvalue weighted by molar-refractivity contribution is -0.142. The van der Waals surface area contributed by atoms with Crippen LogP contribution >= 0.6 is 11.6 Å². The Morgan fingerprint density at radius 3 is 2.32 bits per heavy atom. The monoisotopic (exact) mass is 317 g/mol. The van der Waals surface area contributed by atoms with Crippen LogP contribution < -0.4 is 5.32 Å². The highest BCUT2D eigenvalue weighted by Gasteiger charge is 2.22. The molecule has 1 atom stereocenters. The average Bonchev–Trinajstić information content (AvgIpc) is 2.55. The molecule has 0 aliphatic heterocycles. The first-order valence-electron chi connectivity index (χ1n) is 6.78. The molecule has 1 unspecified atom stereocenters. The van der Waals surface area contributed by atoms with Crippen molar-refractivity contribution < 1.29 is 14.3 Å². The van der Waals surface area contributed by atoms with Gasteiger partial charge in [-0.05, 0) is 29.8 Å². The molecule has 5 heteroatoms. The predicted octanol–water partition coefficient (Wildman–Crippen LogP) is 2.85. The molecule has 2 aromatic rings. The number of ether oxygens (including phenoxy) is 1. The lowest BCUT2D eigenvalue weighted by Crippen LogP contribution is -2.43. The van der Waals surface area contributed by atoms with Crippen molar-refractivity contribution in [3.8, 4) is 0 Å². The lowest BCUT2D eigenvalue weighted by Gasteiger charge is -2.16.